The van der Waals surface area contributed by atoms with Crippen LogP contribution < -0.4 is 16.6 Å². The van der Waals surface area contributed by atoms with Crippen LogP contribution in [0.15, 0.2) is 4.99 Å². The number of guanidine groups is 1. The molecule has 0 unspecified atom stereocenters. The Labute approximate surface area is 104 Å². The number of nitrogens with zero attached hydrogens (tertiary/aromatic N) is 2. The smallest absolute Gasteiger partial charge is 0.206 e. The van der Waals surface area contributed by atoms with Crippen molar-refractivity contribution in [2.45, 2.75) is 51.1 Å². The molecule has 0 bridgehead atoms. The van der Waals surface area contributed by atoms with Crippen LogP contribution in [0.25, 0.3) is 0 Å². The zero-order valence-corrected chi connectivity index (χ0v) is 10.8. The average molecular weight is 239 g/mol. The molecule has 1 heterocycles. The van der Waals surface area contributed by atoms with Crippen molar-refractivity contribution >= 4 is 5.96 Å². The predicted octanol–water partition coefficient (Wildman–Crippen LogP) is 0.432. The first-order valence-electron chi connectivity index (χ1n) is 6.85. The first-order chi connectivity index (χ1) is 8.31. The van der Waals surface area contributed by atoms with Crippen LogP contribution in [0.5, 0.6) is 0 Å². The Morgan fingerprint density at radius 1 is 1.29 bits per heavy atom. The van der Waals surface area contributed by atoms with Gasteiger partial charge in [-0.25, -0.2) is 10.8 Å². The Bertz CT molecular complexity index is 254. The minimum atomic E-state index is 0.431. The van der Waals surface area contributed by atoms with E-state index < -0.39 is 0 Å². The predicted molar refractivity (Wildman–Crippen MR) is 70.7 cm³/mol. The van der Waals surface area contributed by atoms with E-state index in [-0.39, 0.29) is 0 Å². The van der Waals surface area contributed by atoms with Gasteiger partial charge in [-0.3, -0.25) is 5.43 Å². The quantitative estimate of drug-likeness (QED) is 0.288. The second-order valence-corrected chi connectivity index (χ2v) is 5.11. The monoisotopic (exact) mass is 239 g/mol. The first kappa shape index (κ1) is 12.6. The summed E-state index contributed by atoms with van der Waals surface area (Å²) in [4.78, 5) is 7.20. The Morgan fingerprint density at radius 2 is 2.00 bits per heavy atom. The maximum atomic E-state index is 5.49. The second kappa shape index (κ2) is 6.21. The molecule has 1 aliphatic carbocycles. The van der Waals surface area contributed by atoms with E-state index >= 15 is 0 Å². The molecule has 5 nitrogen and oxygen atoms in total. The third-order valence-corrected chi connectivity index (χ3v) is 3.46. The molecule has 1 aliphatic heterocycles. The minimum absolute atomic E-state index is 0.431. The fourth-order valence-electron chi connectivity index (χ4n) is 2.31. The van der Waals surface area contributed by atoms with Crippen molar-refractivity contribution in [3.05, 3.63) is 0 Å². The normalized spacial score (nSPS) is 23.8. The lowest BCUT2D eigenvalue weighted by molar-refractivity contribution is 0.214. The summed E-state index contributed by atoms with van der Waals surface area (Å²) in [6.07, 6.45) is 6.03. The maximum absolute atomic E-state index is 5.49. The summed E-state index contributed by atoms with van der Waals surface area (Å²) in [5, 5.41) is 3.32. The highest BCUT2D eigenvalue weighted by Gasteiger charge is 2.23. The Morgan fingerprint density at radius 3 is 2.53 bits per heavy atom. The fourth-order valence-corrected chi connectivity index (χ4v) is 2.31. The number of nitrogens with one attached hydrogen (secondary N) is 2. The number of hydrogen-bond acceptors (Lipinski definition) is 3. The highest BCUT2D eigenvalue weighted by atomic mass is 15.3. The van der Waals surface area contributed by atoms with Crippen LogP contribution in [0, 0.1) is 0 Å². The fraction of sp³-hybridized carbons (Fsp3) is 0.917. The minimum Gasteiger partial charge on any atom is -0.353 e. The largest absolute Gasteiger partial charge is 0.353 e. The van der Waals surface area contributed by atoms with Crippen molar-refractivity contribution in [2.24, 2.45) is 10.8 Å². The van der Waals surface area contributed by atoms with Crippen molar-refractivity contribution in [3.63, 3.8) is 0 Å². The molecule has 0 aromatic heterocycles. The SMILES string of the molecule is CCCN1CCC(N=C(NN)NC2CC2)CC1. The lowest BCUT2D eigenvalue weighted by Crippen LogP contribution is -2.44. The molecule has 2 fully saturated rings. The molecule has 2 rings (SSSR count). The van der Waals surface area contributed by atoms with E-state index in [1.54, 1.807) is 0 Å². The number of likely N-dealkylation sites (tertiary alicyclic amines) is 1. The third kappa shape index (κ3) is 4.16. The van der Waals surface area contributed by atoms with Gasteiger partial charge in [-0.2, -0.15) is 0 Å². The zero-order valence-electron chi connectivity index (χ0n) is 10.8. The molecule has 0 aromatic carbocycles. The molecule has 5 heteroatoms. The summed E-state index contributed by atoms with van der Waals surface area (Å²) in [7, 11) is 0. The summed E-state index contributed by atoms with van der Waals surface area (Å²) in [5.41, 5.74) is 2.68. The Hall–Kier alpha value is -0.810. The Kier molecular flexibility index (Phi) is 4.62. The van der Waals surface area contributed by atoms with Crippen LogP contribution in [0.1, 0.15) is 39.0 Å². The van der Waals surface area contributed by atoms with Gasteiger partial charge < -0.3 is 10.2 Å². The van der Waals surface area contributed by atoms with Crippen molar-refractivity contribution in [1.29, 1.82) is 0 Å². The highest BCUT2D eigenvalue weighted by molar-refractivity contribution is 5.79. The first-order valence-corrected chi connectivity index (χ1v) is 6.85. The molecular formula is C12H25N5. The number of piperidine rings is 1. The van der Waals surface area contributed by atoms with Gasteiger partial charge in [0.25, 0.3) is 0 Å². The van der Waals surface area contributed by atoms with Crippen LogP contribution in [-0.4, -0.2) is 42.6 Å². The third-order valence-electron chi connectivity index (χ3n) is 3.46. The van der Waals surface area contributed by atoms with Crippen molar-refractivity contribution in [3.8, 4) is 0 Å². The van der Waals surface area contributed by atoms with Gasteiger partial charge in [-0.15, -0.1) is 0 Å². The molecular weight excluding hydrogens is 214 g/mol. The number of hydrogen-bond donors (Lipinski definition) is 3. The van der Waals surface area contributed by atoms with Crippen molar-refractivity contribution < 1.29 is 0 Å². The maximum Gasteiger partial charge on any atom is 0.206 e. The zero-order chi connectivity index (χ0) is 12.1. The number of aliphatic imine (C=N–C) groups is 1. The summed E-state index contributed by atoms with van der Waals surface area (Å²) in [6.45, 7) is 5.80. The highest BCUT2D eigenvalue weighted by Crippen LogP contribution is 2.19. The average Bonchev–Trinajstić information content (AvgIpc) is 3.15. The molecule has 17 heavy (non-hydrogen) atoms. The van der Waals surface area contributed by atoms with E-state index in [1.165, 1.54) is 38.9 Å². The lowest BCUT2D eigenvalue weighted by Gasteiger charge is -2.30. The van der Waals surface area contributed by atoms with E-state index in [0.717, 1.165) is 18.8 Å². The van der Waals surface area contributed by atoms with E-state index in [4.69, 9.17) is 5.84 Å². The van der Waals surface area contributed by atoms with Gasteiger partial charge in [-0.1, -0.05) is 6.92 Å². The Balaban J connectivity index is 1.76. The van der Waals surface area contributed by atoms with Crippen LogP contribution in [-0.2, 0) is 0 Å². The van der Waals surface area contributed by atoms with Crippen LogP contribution in [0.4, 0.5) is 0 Å². The van der Waals surface area contributed by atoms with Crippen LogP contribution >= 0.6 is 0 Å². The van der Waals surface area contributed by atoms with Crippen molar-refractivity contribution in [2.75, 3.05) is 19.6 Å². The molecule has 0 radical (unpaired) electrons. The van der Waals surface area contributed by atoms with Gasteiger partial charge in [-0.05, 0) is 38.6 Å². The van der Waals surface area contributed by atoms with Crippen molar-refractivity contribution in [1.82, 2.24) is 15.6 Å². The van der Waals surface area contributed by atoms with Crippen LogP contribution in [0.2, 0.25) is 0 Å². The summed E-state index contributed by atoms with van der Waals surface area (Å²) >= 11 is 0. The molecule has 4 N–H and O–H groups in total. The van der Waals surface area contributed by atoms with E-state index in [1.807, 2.05) is 0 Å². The molecule has 1 saturated carbocycles. The van der Waals surface area contributed by atoms with E-state index in [0.29, 0.717) is 12.1 Å². The van der Waals surface area contributed by atoms with Gasteiger partial charge in [0, 0.05) is 19.1 Å². The number of rotatable bonds is 4. The number of hydrazine groups is 1. The summed E-state index contributed by atoms with van der Waals surface area (Å²) in [5.74, 6) is 6.27. The molecule has 1 saturated heterocycles. The topological polar surface area (TPSA) is 65.7 Å². The second-order valence-electron chi connectivity index (χ2n) is 5.11. The van der Waals surface area contributed by atoms with E-state index in [9.17, 15) is 0 Å². The standard InChI is InChI=1S/C12H25N5/c1-2-7-17-8-5-11(6-9-17)15-12(16-13)14-10-3-4-10/h10-11H,2-9,13H2,1H3,(H2,14,15,16). The number of nitrogens with two attached hydrogens (primary N) is 1. The molecule has 0 atom stereocenters. The molecule has 0 spiro atoms. The summed E-state index contributed by atoms with van der Waals surface area (Å²) in [6, 6.07) is 1.03. The molecule has 98 valence electrons. The summed E-state index contributed by atoms with van der Waals surface area (Å²) < 4.78 is 0. The van der Waals surface area contributed by atoms with Gasteiger partial charge in [0.1, 0.15) is 0 Å². The van der Waals surface area contributed by atoms with E-state index in [2.05, 4.69) is 27.6 Å². The molecule has 2 aliphatic rings. The van der Waals surface area contributed by atoms with Crippen LogP contribution in [0.3, 0.4) is 0 Å². The van der Waals surface area contributed by atoms with Gasteiger partial charge in [0.05, 0.1) is 6.04 Å². The van der Waals surface area contributed by atoms with Gasteiger partial charge in [0.15, 0.2) is 0 Å². The molecule has 0 amide bonds. The lowest BCUT2D eigenvalue weighted by atomic mass is 10.1. The molecule has 0 aromatic rings. The van der Waals surface area contributed by atoms with Gasteiger partial charge in [0.2, 0.25) is 5.96 Å². The van der Waals surface area contributed by atoms with Gasteiger partial charge >= 0.3 is 0 Å².